The van der Waals surface area contributed by atoms with Crippen LogP contribution in [0.5, 0.6) is 0 Å². The van der Waals surface area contributed by atoms with Gasteiger partial charge in [0, 0.05) is 50.3 Å². The van der Waals surface area contributed by atoms with Gasteiger partial charge < -0.3 is 15.2 Å². The Morgan fingerprint density at radius 1 is 1.11 bits per heavy atom. The van der Waals surface area contributed by atoms with Crippen molar-refractivity contribution in [2.24, 2.45) is 0 Å². The highest BCUT2D eigenvalue weighted by Gasteiger charge is 2.24. The minimum absolute atomic E-state index is 0.0751. The van der Waals surface area contributed by atoms with Crippen molar-refractivity contribution in [2.45, 2.75) is 44.3 Å². The molecule has 0 radical (unpaired) electrons. The van der Waals surface area contributed by atoms with E-state index >= 15 is 0 Å². The molecule has 2 fully saturated rings. The molecule has 0 saturated carbocycles. The fourth-order valence-corrected chi connectivity index (χ4v) is 4.23. The predicted molar refractivity (Wildman–Crippen MR) is 106 cm³/mol. The third-order valence-electron chi connectivity index (χ3n) is 5.79. The van der Waals surface area contributed by atoms with Crippen LogP contribution in [-0.4, -0.2) is 52.6 Å². The molecule has 4 rings (SSSR count). The second kappa shape index (κ2) is 8.67. The molecule has 2 aromatic heterocycles. The van der Waals surface area contributed by atoms with Gasteiger partial charge in [0.1, 0.15) is 5.69 Å². The van der Waals surface area contributed by atoms with Gasteiger partial charge in [0.2, 0.25) is 0 Å². The first-order valence-electron chi connectivity index (χ1n) is 10.1. The Balaban J connectivity index is 1.29. The van der Waals surface area contributed by atoms with Crippen LogP contribution < -0.4 is 10.6 Å². The lowest BCUT2D eigenvalue weighted by Gasteiger charge is -2.32. The average Bonchev–Trinajstić information content (AvgIpc) is 3.21. The lowest BCUT2D eigenvalue weighted by molar-refractivity contribution is 0.0896. The van der Waals surface area contributed by atoms with E-state index in [1.807, 2.05) is 24.5 Å². The highest BCUT2D eigenvalue weighted by molar-refractivity contribution is 5.93. The van der Waals surface area contributed by atoms with E-state index in [-0.39, 0.29) is 11.9 Å². The minimum atomic E-state index is 0.0751. The standard InChI is InChI=1S/C21H29N5O/c27-21(20-2-1-13-26(20)19-5-11-23-12-6-19)24-18-7-14-25(15-8-18)16-17-3-9-22-10-4-17/h1-4,9-10,13,18-19,23H,5-8,11-12,14-16H2,(H,24,27). The number of carbonyl (C=O) groups excluding carboxylic acids is 1. The zero-order valence-corrected chi connectivity index (χ0v) is 15.8. The summed E-state index contributed by atoms with van der Waals surface area (Å²) in [5.74, 6) is 0.0751. The summed E-state index contributed by atoms with van der Waals surface area (Å²) < 4.78 is 2.18. The van der Waals surface area contributed by atoms with Gasteiger partial charge in [0.25, 0.3) is 5.91 Å². The van der Waals surface area contributed by atoms with E-state index in [0.29, 0.717) is 6.04 Å². The molecule has 6 nitrogen and oxygen atoms in total. The van der Waals surface area contributed by atoms with Crippen LogP contribution in [0, 0.1) is 0 Å². The maximum absolute atomic E-state index is 12.8. The van der Waals surface area contributed by atoms with E-state index < -0.39 is 0 Å². The quantitative estimate of drug-likeness (QED) is 0.851. The van der Waals surface area contributed by atoms with Gasteiger partial charge in [0.05, 0.1) is 0 Å². The molecule has 0 unspecified atom stereocenters. The lowest BCUT2D eigenvalue weighted by atomic mass is 10.0. The topological polar surface area (TPSA) is 62.2 Å². The van der Waals surface area contributed by atoms with Gasteiger partial charge in [-0.05, 0) is 68.6 Å². The zero-order chi connectivity index (χ0) is 18.5. The molecule has 2 saturated heterocycles. The van der Waals surface area contributed by atoms with E-state index in [2.05, 4.69) is 43.4 Å². The SMILES string of the molecule is O=C(NC1CCN(Cc2ccncc2)CC1)c1cccn1C1CCNCC1. The predicted octanol–water partition coefficient (Wildman–Crippen LogP) is 2.20. The van der Waals surface area contributed by atoms with E-state index in [1.165, 1.54) is 5.56 Å². The number of nitrogens with zero attached hydrogens (tertiary/aromatic N) is 3. The third kappa shape index (κ3) is 4.57. The number of aromatic nitrogens is 2. The van der Waals surface area contributed by atoms with Gasteiger partial charge in [-0.25, -0.2) is 0 Å². The Hall–Kier alpha value is -2.18. The number of hydrogen-bond donors (Lipinski definition) is 2. The van der Waals surface area contributed by atoms with Crippen LogP contribution in [0.25, 0.3) is 0 Å². The smallest absolute Gasteiger partial charge is 0.268 e. The molecule has 0 bridgehead atoms. The maximum atomic E-state index is 12.8. The molecule has 0 aliphatic carbocycles. The van der Waals surface area contributed by atoms with Crippen molar-refractivity contribution >= 4 is 5.91 Å². The number of likely N-dealkylation sites (tertiary alicyclic amines) is 1. The van der Waals surface area contributed by atoms with Gasteiger partial charge >= 0.3 is 0 Å². The first-order valence-corrected chi connectivity index (χ1v) is 10.1. The molecule has 144 valence electrons. The number of carbonyl (C=O) groups is 1. The monoisotopic (exact) mass is 367 g/mol. The van der Waals surface area contributed by atoms with Crippen LogP contribution in [0.15, 0.2) is 42.9 Å². The first-order chi connectivity index (χ1) is 13.3. The summed E-state index contributed by atoms with van der Waals surface area (Å²) in [6, 6.07) is 8.79. The van der Waals surface area contributed by atoms with Crippen LogP contribution >= 0.6 is 0 Å². The highest BCUT2D eigenvalue weighted by Crippen LogP contribution is 2.22. The van der Waals surface area contributed by atoms with Gasteiger partial charge in [0.15, 0.2) is 0 Å². The van der Waals surface area contributed by atoms with Crippen molar-refractivity contribution in [1.82, 2.24) is 25.1 Å². The molecule has 2 N–H and O–H groups in total. The Labute approximate surface area is 161 Å². The van der Waals surface area contributed by atoms with Crippen LogP contribution in [0.4, 0.5) is 0 Å². The fraction of sp³-hybridized carbons (Fsp3) is 0.524. The zero-order valence-electron chi connectivity index (χ0n) is 15.8. The van der Waals surface area contributed by atoms with Crippen molar-refractivity contribution in [2.75, 3.05) is 26.2 Å². The number of rotatable bonds is 5. The van der Waals surface area contributed by atoms with Crippen molar-refractivity contribution in [1.29, 1.82) is 0 Å². The molecule has 0 atom stereocenters. The highest BCUT2D eigenvalue weighted by atomic mass is 16.2. The minimum Gasteiger partial charge on any atom is -0.348 e. The summed E-state index contributed by atoms with van der Waals surface area (Å²) in [6.07, 6.45) is 9.93. The van der Waals surface area contributed by atoms with E-state index in [4.69, 9.17) is 0 Å². The van der Waals surface area contributed by atoms with Gasteiger partial charge in [-0.15, -0.1) is 0 Å². The number of hydrogen-bond acceptors (Lipinski definition) is 4. The number of pyridine rings is 1. The molecule has 6 heteroatoms. The lowest BCUT2D eigenvalue weighted by Crippen LogP contribution is -2.45. The van der Waals surface area contributed by atoms with Crippen molar-refractivity contribution in [3.63, 3.8) is 0 Å². The maximum Gasteiger partial charge on any atom is 0.268 e. The largest absolute Gasteiger partial charge is 0.348 e. The van der Waals surface area contributed by atoms with Crippen LogP contribution in [0.2, 0.25) is 0 Å². The van der Waals surface area contributed by atoms with Gasteiger partial charge in [-0.3, -0.25) is 14.7 Å². The fourth-order valence-electron chi connectivity index (χ4n) is 4.23. The van der Waals surface area contributed by atoms with E-state index in [0.717, 1.165) is 64.1 Å². The summed E-state index contributed by atoms with van der Waals surface area (Å²) >= 11 is 0. The first kappa shape index (κ1) is 18.2. The molecule has 2 aromatic rings. The molecule has 2 aliphatic rings. The van der Waals surface area contributed by atoms with Gasteiger partial charge in [-0.1, -0.05) is 0 Å². The Bertz CT molecular complexity index is 730. The van der Waals surface area contributed by atoms with Crippen LogP contribution in [-0.2, 0) is 6.54 Å². The summed E-state index contributed by atoms with van der Waals surface area (Å²) in [4.78, 5) is 19.4. The second-order valence-corrected chi connectivity index (χ2v) is 7.66. The summed E-state index contributed by atoms with van der Waals surface area (Å²) in [5, 5.41) is 6.66. The Kier molecular flexibility index (Phi) is 5.84. The summed E-state index contributed by atoms with van der Waals surface area (Å²) in [6.45, 7) is 5.05. The molecule has 0 aromatic carbocycles. The molecule has 0 spiro atoms. The Morgan fingerprint density at radius 2 is 1.85 bits per heavy atom. The molecule has 2 aliphatic heterocycles. The Morgan fingerprint density at radius 3 is 2.59 bits per heavy atom. The number of amides is 1. The summed E-state index contributed by atoms with van der Waals surface area (Å²) in [7, 11) is 0. The normalized spacial score (nSPS) is 19.9. The van der Waals surface area contributed by atoms with Gasteiger partial charge in [-0.2, -0.15) is 0 Å². The average molecular weight is 367 g/mol. The van der Waals surface area contributed by atoms with E-state index in [1.54, 1.807) is 0 Å². The summed E-state index contributed by atoms with van der Waals surface area (Å²) in [5.41, 5.74) is 2.10. The number of piperidine rings is 2. The molecular formula is C21H29N5O. The van der Waals surface area contributed by atoms with Crippen LogP contribution in [0.1, 0.15) is 47.8 Å². The van der Waals surface area contributed by atoms with Crippen molar-refractivity contribution in [3.05, 3.63) is 54.1 Å². The second-order valence-electron chi connectivity index (χ2n) is 7.66. The number of nitrogens with one attached hydrogen (secondary N) is 2. The molecule has 1 amide bonds. The molecular weight excluding hydrogens is 338 g/mol. The molecule has 27 heavy (non-hydrogen) atoms. The third-order valence-corrected chi connectivity index (χ3v) is 5.79. The molecule has 4 heterocycles. The van der Waals surface area contributed by atoms with Crippen molar-refractivity contribution < 1.29 is 4.79 Å². The van der Waals surface area contributed by atoms with E-state index in [9.17, 15) is 4.79 Å². The van der Waals surface area contributed by atoms with Crippen molar-refractivity contribution in [3.8, 4) is 0 Å². The van der Waals surface area contributed by atoms with Crippen LogP contribution in [0.3, 0.4) is 0 Å².